The molecule has 0 bridgehead atoms. The van der Waals surface area contributed by atoms with Crippen LogP contribution in [-0.4, -0.2) is 5.91 Å². The van der Waals surface area contributed by atoms with Gasteiger partial charge in [0.25, 0.3) is 5.91 Å². The molecule has 0 radical (unpaired) electrons. The van der Waals surface area contributed by atoms with Gasteiger partial charge in [0.1, 0.15) is 5.70 Å². The van der Waals surface area contributed by atoms with Crippen LogP contribution in [0.1, 0.15) is 18.9 Å². The van der Waals surface area contributed by atoms with Gasteiger partial charge in [-0.25, -0.2) is 0 Å². The van der Waals surface area contributed by atoms with E-state index in [0.717, 1.165) is 12.1 Å². The normalized spacial score (nSPS) is 17.1. The molecule has 1 aromatic carbocycles. The van der Waals surface area contributed by atoms with Gasteiger partial charge in [0.2, 0.25) is 0 Å². The summed E-state index contributed by atoms with van der Waals surface area (Å²) in [4.78, 5) is 11.6. The minimum atomic E-state index is -4.40. The van der Waals surface area contributed by atoms with Gasteiger partial charge in [-0.3, -0.25) is 4.79 Å². The largest absolute Gasteiger partial charge is 0.416 e. The molecule has 96 valence electrons. The Balaban J connectivity index is 2.40. The van der Waals surface area contributed by atoms with Crippen LogP contribution in [0.4, 0.5) is 24.5 Å². The minimum Gasteiger partial charge on any atom is -0.350 e. The molecule has 3 nitrogen and oxygen atoms in total. The van der Waals surface area contributed by atoms with E-state index in [1.165, 1.54) is 6.07 Å². The van der Waals surface area contributed by atoms with Crippen LogP contribution < -0.4 is 10.6 Å². The lowest BCUT2D eigenvalue weighted by Gasteiger charge is -2.22. The van der Waals surface area contributed by atoms with E-state index >= 15 is 0 Å². The molecule has 1 aliphatic heterocycles. The van der Waals surface area contributed by atoms with Crippen molar-refractivity contribution in [1.82, 2.24) is 0 Å². The molecule has 0 saturated heterocycles. The Morgan fingerprint density at radius 3 is 2.56 bits per heavy atom. The standard InChI is InChI=1S/C12H11F3N2O/c1-2-3-9-11(18)17-8-5-4-7(12(13,14)15)6-10(8)16-9/h3-6,16H,2H2,1H3,(H,17,18)/b9-3-. The number of carbonyl (C=O) groups is 1. The van der Waals surface area contributed by atoms with Crippen molar-refractivity contribution in [2.24, 2.45) is 0 Å². The maximum atomic E-state index is 12.6. The van der Waals surface area contributed by atoms with Crippen molar-refractivity contribution in [2.45, 2.75) is 19.5 Å². The summed E-state index contributed by atoms with van der Waals surface area (Å²) in [5, 5.41) is 5.25. The van der Waals surface area contributed by atoms with Crippen LogP contribution in [0, 0.1) is 0 Å². The fourth-order valence-electron chi connectivity index (χ4n) is 1.67. The van der Waals surface area contributed by atoms with Gasteiger partial charge in [-0.15, -0.1) is 0 Å². The summed E-state index contributed by atoms with van der Waals surface area (Å²) in [7, 11) is 0. The molecule has 1 aromatic rings. The summed E-state index contributed by atoms with van der Waals surface area (Å²) in [5.74, 6) is -0.343. The fraction of sp³-hybridized carbons (Fsp3) is 0.250. The van der Waals surface area contributed by atoms with E-state index in [9.17, 15) is 18.0 Å². The monoisotopic (exact) mass is 256 g/mol. The second-order valence-corrected chi connectivity index (χ2v) is 3.86. The molecule has 0 spiro atoms. The number of allylic oxidation sites excluding steroid dienone is 1. The molecule has 6 heteroatoms. The Kier molecular flexibility index (Phi) is 3.02. The predicted octanol–water partition coefficient (Wildman–Crippen LogP) is 3.36. The van der Waals surface area contributed by atoms with E-state index in [1.807, 2.05) is 6.92 Å². The number of carbonyl (C=O) groups excluding carboxylic acids is 1. The number of amides is 1. The number of fused-ring (bicyclic) bond motifs is 1. The van der Waals surface area contributed by atoms with E-state index < -0.39 is 11.7 Å². The van der Waals surface area contributed by atoms with Gasteiger partial charge < -0.3 is 10.6 Å². The molecule has 1 amide bonds. The fourth-order valence-corrected chi connectivity index (χ4v) is 1.67. The Labute approximate surface area is 102 Å². The van der Waals surface area contributed by atoms with Crippen LogP contribution in [0.25, 0.3) is 0 Å². The molecule has 0 saturated carbocycles. The highest BCUT2D eigenvalue weighted by molar-refractivity contribution is 6.11. The topological polar surface area (TPSA) is 41.1 Å². The smallest absolute Gasteiger partial charge is 0.350 e. The van der Waals surface area contributed by atoms with Crippen molar-refractivity contribution in [2.75, 3.05) is 10.6 Å². The van der Waals surface area contributed by atoms with Gasteiger partial charge >= 0.3 is 6.18 Å². The zero-order valence-corrected chi connectivity index (χ0v) is 9.56. The van der Waals surface area contributed by atoms with Gasteiger partial charge in [0, 0.05) is 0 Å². The average Bonchev–Trinajstić information content (AvgIpc) is 2.28. The summed E-state index contributed by atoms with van der Waals surface area (Å²) < 4.78 is 37.7. The van der Waals surface area contributed by atoms with Gasteiger partial charge in [0.05, 0.1) is 16.9 Å². The Morgan fingerprint density at radius 2 is 1.94 bits per heavy atom. The molecular formula is C12H11F3N2O. The molecule has 2 rings (SSSR count). The molecule has 18 heavy (non-hydrogen) atoms. The first-order valence-corrected chi connectivity index (χ1v) is 5.41. The summed E-state index contributed by atoms with van der Waals surface area (Å²) in [6.07, 6.45) is -2.16. The lowest BCUT2D eigenvalue weighted by Crippen LogP contribution is -2.25. The van der Waals surface area contributed by atoms with Crippen molar-refractivity contribution in [3.8, 4) is 0 Å². The van der Waals surface area contributed by atoms with Crippen LogP contribution in [0.15, 0.2) is 30.0 Å². The third-order valence-corrected chi connectivity index (χ3v) is 2.52. The lowest BCUT2D eigenvalue weighted by atomic mass is 10.1. The molecule has 1 aliphatic rings. The Hall–Kier alpha value is -1.98. The molecule has 0 atom stereocenters. The van der Waals surface area contributed by atoms with E-state index in [1.54, 1.807) is 6.08 Å². The van der Waals surface area contributed by atoms with Crippen LogP contribution in [0.2, 0.25) is 0 Å². The quantitative estimate of drug-likeness (QED) is 0.756. The molecule has 0 aliphatic carbocycles. The van der Waals surface area contributed by atoms with E-state index in [-0.39, 0.29) is 17.3 Å². The maximum absolute atomic E-state index is 12.6. The summed E-state index contributed by atoms with van der Waals surface area (Å²) in [5.41, 5.74) is 0.121. The first-order valence-electron chi connectivity index (χ1n) is 5.41. The van der Waals surface area contributed by atoms with Crippen LogP contribution in [0.3, 0.4) is 0 Å². The molecule has 1 heterocycles. The number of benzene rings is 1. The molecule has 0 fully saturated rings. The zero-order valence-electron chi connectivity index (χ0n) is 9.56. The van der Waals surface area contributed by atoms with Crippen molar-refractivity contribution < 1.29 is 18.0 Å². The minimum absolute atomic E-state index is 0.254. The highest BCUT2D eigenvalue weighted by atomic mass is 19.4. The summed E-state index contributed by atoms with van der Waals surface area (Å²) in [6, 6.07) is 3.17. The highest BCUT2D eigenvalue weighted by Crippen LogP contribution is 2.36. The van der Waals surface area contributed by atoms with Gasteiger partial charge in [-0.2, -0.15) is 13.2 Å². The molecule has 2 N–H and O–H groups in total. The number of hydrogen-bond acceptors (Lipinski definition) is 2. The van der Waals surface area contributed by atoms with E-state index in [0.29, 0.717) is 12.1 Å². The second-order valence-electron chi connectivity index (χ2n) is 3.86. The average molecular weight is 256 g/mol. The highest BCUT2D eigenvalue weighted by Gasteiger charge is 2.32. The van der Waals surface area contributed by atoms with E-state index in [4.69, 9.17) is 0 Å². The first kappa shape index (κ1) is 12.5. The van der Waals surface area contributed by atoms with Gasteiger partial charge in [-0.05, 0) is 24.6 Å². The molecular weight excluding hydrogens is 245 g/mol. The maximum Gasteiger partial charge on any atom is 0.416 e. The second kappa shape index (κ2) is 4.36. The SMILES string of the molecule is CC/C=C1\Nc2cc(C(F)(F)F)ccc2NC1=O. The number of anilines is 2. The van der Waals surface area contributed by atoms with Crippen molar-refractivity contribution >= 4 is 17.3 Å². The third-order valence-electron chi connectivity index (χ3n) is 2.52. The number of alkyl halides is 3. The zero-order chi connectivity index (χ0) is 13.3. The van der Waals surface area contributed by atoms with Crippen LogP contribution in [-0.2, 0) is 11.0 Å². The summed E-state index contributed by atoms with van der Waals surface area (Å²) >= 11 is 0. The van der Waals surface area contributed by atoms with Gasteiger partial charge in [0.15, 0.2) is 0 Å². The lowest BCUT2D eigenvalue weighted by molar-refractivity contribution is -0.137. The Morgan fingerprint density at radius 1 is 1.22 bits per heavy atom. The number of rotatable bonds is 1. The van der Waals surface area contributed by atoms with E-state index in [2.05, 4.69) is 10.6 Å². The number of halogens is 3. The van der Waals surface area contributed by atoms with Crippen molar-refractivity contribution in [3.05, 3.63) is 35.5 Å². The van der Waals surface area contributed by atoms with Gasteiger partial charge in [-0.1, -0.05) is 13.0 Å². The molecule has 0 unspecified atom stereocenters. The predicted molar refractivity (Wildman–Crippen MR) is 62.1 cm³/mol. The number of nitrogens with one attached hydrogen (secondary N) is 2. The summed E-state index contributed by atoms with van der Waals surface area (Å²) in [6.45, 7) is 1.84. The van der Waals surface area contributed by atoms with Crippen molar-refractivity contribution in [1.29, 1.82) is 0 Å². The van der Waals surface area contributed by atoms with Crippen LogP contribution in [0.5, 0.6) is 0 Å². The first-order chi connectivity index (χ1) is 8.41. The Bertz CT molecular complexity index is 521. The molecule has 0 aromatic heterocycles. The number of hydrogen-bond donors (Lipinski definition) is 2. The third kappa shape index (κ3) is 2.32. The van der Waals surface area contributed by atoms with Crippen LogP contribution >= 0.6 is 0 Å². The van der Waals surface area contributed by atoms with Crippen molar-refractivity contribution in [3.63, 3.8) is 0 Å².